The topological polar surface area (TPSA) is 99.4 Å². The molecule has 2 fully saturated rings. The number of alkyl halides is 4. The van der Waals surface area contributed by atoms with Crippen LogP contribution in [0.2, 0.25) is 0 Å². The molecule has 10 heteroatoms. The number of hydrogen-bond donors (Lipinski definition) is 4. The molecule has 2 saturated heterocycles. The SMILES string of the molecule is CC(C)(Cl)[C@H](Br)CC[C@](C)(O)[C@H]1CC[C@@](C)([C@H](O)CC[C@@H](O)[C@]2(C)CC[C@H]([C@@](C)(O)CC[C@H](Br)C(C)(C)Cl)O2)O1. The Hall–Kier alpha value is 1.30. The maximum Gasteiger partial charge on any atom is 0.0918 e. The van der Waals surface area contributed by atoms with E-state index in [9.17, 15) is 20.4 Å². The van der Waals surface area contributed by atoms with Gasteiger partial charge in [0.25, 0.3) is 0 Å². The lowest BCUT2D eigenvalue weighted by Crippen LogP contribution is -2.47. The van der Waals surface area contributed by atoms with E-state index in [4.69, 9.17) is 32.7 Å². The summed E-state index contributed by atoms with van der Waals surface area (Å²) >= 11 is 20.1. The van der Waals surface area contributed by atoms with Gasteiger partial charge in [-0.15, -0.1) is 23.2 Å². The molecule has 0 amide bonds. The van der Waals surface area contributed by atoms with E-state index >= 15 is 0 Å². The number of aliphatic hydroxyl groups excluding tert-OH is 2. The molecule has 2 rings (SSSR count). The van der Waals surface area contributed by atoms with Gasteiger partial charge in [0, 0.05) is 9.65 Å². The Morgan fingerprint density at radius 2 is 1.00 bits per heavy atom. The highest BCUT2D eigenvalue weighted by Gasteiger charge is 2.50. The Kier molecular flexibility index (Phi) is 12.9. The lowest BCUT2D eigenvalue weighted by atomic mass is 9.85. The first-order chi connectivity index (χ1) is 17.9. The minimum Gasteiger partial charge on any atom is -0.390 e. The van der Waals surface area contributed by atoms with Crippen molar-refractivity contribution in [2.75, 3.05) is 0 Å². The lowest BCUT2D eigenvalue weighted by molar-refractivity contribution is -0.172. The van der Waals surface area contributed by atoms with E-state index in [1.165, 1.54) is 0 Å². The van der Waals surface area contributed by atoms with E-state index in [0.29, 0.717) is 64.2 Å². The van der Waals surface area contributed by atoms with Crippen LogP contribution in [0.3, 0.4) is 0 Å². The molecule has 0 aromatic rings. The van der Waals surface area contributed by atoms with Crippen LogP contribution in [-0.2, 0) is 9.47 Å². The molecular weight excluding hydrogens is 687 g/mol. The molecule has 238 valence electrons. The zero-order valence-electron chi connectivity index (χ0n) is 25.7. The zero-order valence-corrected chi connectivity index (χ0v) is 30.3. The molecule has 0 aromatic heterocycles. The largest absolute Gasteiger partial charge is 0.390 e. The fourth-order valence-corrected chi connectivity index (χ4v) is 6.54. The summed E-state index contributed by atoms with van der Waals surface area (Å²) in [5, 5.41) is 44.6. The van der Waals surface area contributed by atoms with Gasteiger partial charge in [0.2, 0.25) is 0 Å². The molecule has 2 aliphatic heterocycles. The predicted molar refractivity (Wildman–Crippen MR) is 171 cm³/mol. The van der Waals surface area contributed by atoms with E-state index in [1.54, 1.807) is 13.8 Å². The first kappa shape index (κ1) is 37.5. The van der Waals surface area contributed by atoms with Crippen LogP contribution in [-0.4, -0.2) is 86.6 Å². The van der Waals surface area contributed by atoms with Crippen LogP contribution in [0.15, 0.2) is 0 Å². The summed E-state index contributed by atoms with van der Waals surface area (Å²) in [7, 11) is 0. The molecule has 0 aromatic carbocycles. The molecule has 0 spiro atoms. The molecule has 10 atom stereocenters. The molecule has 0 unspecified atom stereocenters. The van der Waals surface area contributed by atoms with Crippen molar-refractivity contribution in [2.45, 2.75) is 186 Å². The minimum absolute atomic E-state index is 0.0505. The van der Waals surface area contributed by atoms with E-state index in [1.807, 2.05) is 41.5 Å². The van der Waals surface area contributed by atoms with Gasteiger partial charge >= 0.3 is 0 Å². The monoisotopic (exact) mass is 738 g/mol. The maximum atomic E-state index is 11.2. The Labute approximate surface area is 269 Å². The van der Waals surface area contributed by atoms with Crippen molar-refractivity contribution in [2.24, 2.45) is 0 Å². The van der Waals surface area contributed by atoms with Crippen LogP contribution in [0.4, 0.5) is 0 Å². The summed E-state index contributed by atoms with van der Waals surface area (Å²) in [4.78, 5) is -0.749. The van der Waals surface area contributed by atoms with Crippen molar-refractivity contribution in [3.63, 3.8) is 0 Å². The van der Waals surface area contributed by atoms with Gasteiger partial charge in [-0.3, -0.25) is 0 Å². The third-order valence-corrected chi connectivity index (χ3v) is 13.7. The second kappa shape index (κ2) is 13.7. The van der Waals surface area contributed by atoms with Gasteiger partial charge in [-0.05, 0) is 120 Å². The zero-order chi connectivity index (χ0) is 30.9. The average Bonchev–Trinajstić information content (AvgIpc) is 3.44. The fraction of sp³-hybridized carbons (Fsp3) is 1.00. The average molecular weight is 741 g/mol. The normalized spacial score (nSPS) is 34.2. The first-order valence-corrected chi connectivity index (χ1v) is 17.3. The van der Waals surface area contributed by atoms with Crippen LogP contribution in [0.1, 0.15) is 120 Å². The highest BCUT2D eigenvalue weighted by Crippen LogP contribution is 2.44. The fourth-order valence-electron chi connectivity index (χ4n) is 5.86. The van der Waals surface area contributed by atoms with Gasteiger partial charge in [0.15, 0.2) is 0 Å². The summed E-state index contributed by atoms with van der Waals surface area (Å²) in [6, 6.07) is 0. The smallest absolute Gasteiger partial charge is 0.0918 e. The lowest BCUT2D eigenvalue weighted by Gasteiger charge is -2.38. The van der Waals surface area contributed by atoms with Gasteiger partial charge in [-0.25, -0.2) is 0 Å². The first-order valence-electron chi connectivity index (χ1n) is 14.8. The molecule has 40 heavy (non-hydrogen) atoms. The molecular formula is C30H54Br2Cl2O6. The molecule has 2 heterocycles. The van der Waals surface area contributed by atoms with Crippen molar-refractivity contribution in [1.82, 2.24) is 0 Å². The van der Waals surface area contributed by atoms with Crippen LogP contribution in [0.5, 0.6) is 0 Å². The summed E-state index contributed by atoms with van der Waals surface area (Å²) in [5.41, 5.74) is -3.70. The van der Waals surface area contributed by atoms with Gasteiger partial charge in [0.05, 0.1) is 56.6 Å². The second-order valence-electron chi connectivity index (χ2n) is 14.4. The summed E-state index contributed by atoms with van der Waals surface area (Å²) in [6.45, 7) is 15.1. The minimum atomic E-state index is -1.05. The van der Waals surface area contributed by atoms with Crippen LogP contribution in [0, 0.1) is 0 Å². The van der Waals surface area contributed by atoms with E-state index in [-0.39, 0.29) is 9.65 Å². The van der Waals surface area contributed by atoms with Crippen molar-refractivity contribution in [3.8, 4) is 0 Å². The van der Waals surface area contributed by atoms with Gasteiger partial charge < -0.3 is 29.9 Å². The standard InChI is InChI=1S/C30H54Br2Cl2O6/c1-25(2,33)19(31)11-15-27(5,37)23-13-17-29(7,39-23)21(35)9-10-22(36)30(8)18-14-24(40-30)28(6,38)16-12-20(32)26(3,4)34/h19-24,35-38H,9-18H2,1-8H3/t19-,20+,21-,22-,23-,24-,27+,28+,29+,30+/m1/s1. The number of rotatable bonds is 15. The molecule has 0 radical (unpaired) electrons. The summed E-state index contributed by atoms with van der Waals surface area (Å²) in [6.07, 6.45) is 3.28. The molecule has 2 aliphatic rings. The highest BCUT2D eigenvalue weighted by molar-refractivity contribution is 9.09. The summed E-state index contributed by atoms with van der Waals surface area (Å²) < 4.78 is 12.6. The van der Waals surface area contributed by atoms with E-state index < -0.39 is 56.6 Å². The Morgan fingerprint density at radius 3 is 1.27 bits per heavy atom. The Balaban J connectivity index is 1.89. The highest BCUT2D eigenvalue weighted by atomic mass is 79.9. The van der Waals surface area contributed by atoms with Crippen LogP contribution < -0.4 is 0 Å². The van der Waals surface area contributed by atoms with Crippen LogP contribution in [0.25, 0.3) is 0 Å². The summed E-state index contributed by atoms with van der Waals surface area (Å²) in [5.74, 6) is 0. The van der Waals surface area contributed by atoms with Gasteiger partial charge in [-0.2, -0.15) is 0 Å². The molecule has 4 N–H and O–H groups in total. The van der Waals surface area contributed by atoms with Gasteiger partial charge in [0.1, 0.15) is 0 Å². The molecule has 0 bridgehead atoms. The number of ether oxygens (including phenoxy) is 2. The third-order valence-electron chi connectivity index (χ3n) is 9.44. The van der Waals surface area contributed by atoms with Crippen LogP contribution >= 0.6 is 55.1 Å². The molecule has 0 aliphatic carbocycles. The number of hydrogen-bond acceptors (Lipinski definition) is 6. The maximum absolute atomic E-state index is 11.2. The Morgan fingerprint density at radius 1 is 0.700 bits per heavy atom. The van der Waals surface area contributed by atoms with Gasteiger partial charge in [-0.1, -0.05) is 31.9 Å². The van der Waals surface area contributed by atoms with Crippen molar-refractivity contribution in [3.05, 3.63) is 0 Å². The van der Waals surface area contributed by atoms with Crippen molar-refractivity contribution in [1.29, 1.82) is 0 Å². The predicted octanol–water partition coefficient (Wildman–Crippen LogP) is 6.99. The van der Waals surface area contributed by atoms with Crippen molar-refractivity contribution >= 4 is 55.1 Å². The second-order valence-corrected chi connectivity index (χ2v) is 18.5. The Bertz CT molecular complexity index is 751. The molecule has 0 saturated carbocycles. The molecule has 6 nitrogen and oxygen atoms in total. The quantitative estimate of drug-likeness (QED) is 0.135. The van der Waals surface area contributed by atoms with E-state index in [2.05, 4.69) is 31.9 Å². The third kappa shape index (κ3) is 9.90. The number of aliphatic hydroxyl groups is 4. The van der Waals surface area contributed by atoms with Crippen molar-refractivity contribution < 1.29 is 29.9 Å². The van der Waals surface area contributed by atoms with E-state index in [0.717, 1.165) is 0 Å². The number of halogens is 4.